The average molecular weight is 426 g/mol. The summed E-state index contributed by atoms with van der Waals surface area (Å²) in [6, 6.07) is 17.2. The van der Waals surface area contributed by atoms with E-state index in [1.165, 1.54) is 22.5 Å². The number of rotatable bonds is 6. The number of fused-ring (bicyclic) bond motifs is 1. The second-order valence-corrected chi connectivity index (χ2v) is 9.07. The Hall–Kier alpha value is -3.10. The van der Waals surface area contributed by atoms with E-state index >= 15 is 0 Å². The summed E-state index contributed by atoms with van der Waals surface area (Å²) >= 11 is 0. The maximum atomic E-state index is 12.7. The molecule has 0 radical (unpaired) electrons. The van der Waals surface area contributed by atoms with Crippen LogP contribution in [0, 0.1) is 0 Å². The Morgan fingerprint density at radius 2 is 1.73 bits per heavy atom. The van der Waals surface area contributed by atoms with Crippen LogP contribution >= 0.6 is 0 Å². The molecular weight excluding hydrogens is 404 g/mol. The highest BCUT2D eigenvalue weighted by atomic mass is 32.2. The summed E-state index contributed by atoms with van der Waals surface area (Å²) in [5.41, 5.74) is 0.0300. The lowest BCUT2D eigenvalue weighted by molar-refractivity contribution is -0.118. The van der Waals surface area contributed by atoms with Crippen LogP contribution in [0.1, 0.15) is 12.8 Å². The van der Waals surface area contributed by atoms with Crippen molar-refractivity contribution in [3.63, 3.8) is 0 Å². The topological polar surface area (TPSA) is 95.9 Å². The SMILES string of the molecule is O=C(COc1ccc2ccccc2c1)Nc1cc(S(=O)(=O)N2CCCC2)ccc1O. The zero-order valence-electron chi connectivity index (χ0n) is 16.2. The van der Waals surface area contributed by atoms with Crippen LogP contribution in [0.15, 0.2) is 65.6 Å². The van der Waals surface area contributed by atoms with E-state index in [1.807, 2.05) is 36.4 Å². The van der Waals surface area contributed by atoms with Crippen LogP contribution in [0.2, 0.25) is 0 Å². The minimum atomic E-state index is -3.65. The summed E-state index contributed by atoms with van der Waals surface area (Å²) in [7, 11) is -3.65. The third kappa shape index (κ3) is 4.24. The Balaban J connectivity index is 1.44. The highest BCUT2D eigenvalue weighted by Crippen LogP contribution is 2.29. The van der Waals surface area contributed by atoms with E-state index in [4.69, 9.17) is 4.74 Å². The molecule has 0 unspecified atom stereocenters. The first-order valence-electron chi connectivity index (χ1n) is 9.68. The molecule has 1 amide bonds. The number of benzene rings is 3. The number of aromatic hydroxyl groups is 1. The van der Waals surface area contributed by atoms with Crippen molar-refractivity contribution in [2.24, 2.45) is 0 Å². The van der Waals surface area contributed by atoms with Crippen LogP contribution < -0.4 is 10.1 Å². The Bertz CT molecular complexity index is 1190. The van der Waals surface area contributed by atoms with E-state index in [0.29, 0.717) is 18.8 Å². The van der Waals surface area contributed by atoms with Crippen molar-refractivity contribution in [2.75, 3.05) is 25.0 Å². The first kappa shape index (κ1) is 20.2. The number of carbonyl (C=O) groups excluding carboxylic acids is 1. The van der Waals surface area contributed by atoms with Crippen LogP contribution in [0.4, 0.5) is 5.69 Å². The molecule has 1 saturated heterocycles. The number of sulfonamides is 1. The van der Waals surface area contributed by atoms with Gasteiger partial charge in [0.1, 0.15) is 11.5 Å². The first-order chi connectivity index (χ1) is 14.4. The van der Waals surface area contributed by atoms with E-state index in [1.54, 1.807) is 6.07 Å². The van der Waals surface area contributed by atoms with Gasteiger partial charge in [-0.25, -0.2) is 8.42 Å². The normalized spacial score (nSPS) is 14.7. The zero-order valence-corrected chi connectivity index (χ0v) is 17.1. The van der Waals surface area contributed by atoms with E-state index < -0.39 is 15.9 Å². The number of hydrogen-bond donors (Lipinski definition) is 2. The fourth-order valence-corrected chi connectivity index (χ4v) is 4.99. The Kier molecular flexibility index (Phi) is 5.61. The van der Waals surface area contributed by atoms with Gasteiger partial charge in [-0.2, -0.15) is 4.31 Å². The molecule has 0 bridgehead atoms. The summed E-state index contributed by atoms with van der Waals surface area (Å²) in [6.07, 6.45) is 1.65. The molecule has 1 fully saturated rings. The lowest BCUT2D eigenvalue weighted by atomic mass is 10.1. The second-order valence-electron chi connectivity index (χ2n) is 7.14. The fourth-order valence-electron chi connectivity index (χ4n) is 3.45. The minimum Gasteiger partial charge on any atom is -0.506 e. The Morgan fingerprint density at radius 3 is 2.50 bits per heavy atom. The van der Waals surface area contributed by atoms with Crippen LogP contribution in [0.5, 0.6) is 11.5 Å². The van der Waals surface area contributed by atoms with Gasteiger partial charge in [-0.3, -0.25) is 4.79 Å². The Morgan fingerprint density at radius 1 is 1.00 bits per heavy atom. The average Bonchev–Trinajstić information content (AvgIpc) is 3.29. The van der Waals surface area contributed by atoms with Gasteiger partial charge in [-0.1, -0.05) is 30.3 Å². The molecule has 1 heterocycles. The van der Waals surface area contributed by atoms with Crippen molar-refractivity contribution in [3.05, 3.63) is 60.7 Å². The maximum absolute atomic E-state index is 12.7. The van der Waals surface area contributed by atoms with E-state index in [-0.39, 0.29) is 22.9 Å². The molecule has 4 rings (SSSR count). The molecule has 7 nitrogen and oxygen atoms in total. The smallest absolute Gasteiger partial charge is 0.262 e. The predicted octanol–water partition coefficient (Wildman–Crippen LogP) is 3.35. The molecule has 0 spiro atoms. The van der Waals surface area contributed by atoms with Gasteiger partial charge in [0.25, 0.3) is 5.91 Å². The highest BCUT2D eigenvalue weighted by Gasteiger charge is 2.27. The Labute approximate surface area is 174 Å². The number of anilines is 1. The van der Waals surface area contributed by atoms with Gasteiger partial charge in [0, 0.05) is 13.1 Å². The number of amides is 1. The van der Waals surface area contributed by atoms with Gasteiger partial charge in [0.05, 0.1) is 10.6 Å². The number of phenolic OH excluding ortho intramolecular Hbond substituents is 1. The molecule has 0 saturated carbocycles. The molecule has 0 atom stereocenters. The predicted molar refractivity (Wildman–Crippen MR) is 114 cm³/mol. The molecule has 0 aliphatic carbocycles. The van der Waals surface area contributed by atoms with Gasteiger partial charge in [0.15, 0.2) is 6.61 Å². The highest BCUT2D eigenvalue weighted by molar-refractivity contribution is 7.89. The summed E-state index contributed by atoms with van der Waals surface area (Å²) in [6.45, 7) is 0.676. The molecule has 1 aliphatic heterocycles. The molecule has 3 aromatic rings. The third-order valence-electron chi connectivity index (χ3n) is 5.04. The van der Waals surface area contributed by atoms with Crippen molar-refractivity contribution in [2.45, 2.75) is 17.7 Å². The number of phenols is 1. The number of nitrogens with one attached hydrogen (secondary N) is 1. The number of ether oxygens (including phenoxy) is 1. The van der Waals surface area contributed by atoms with Crippen LogP contribution in [-0.2, 0) is 14.8 Å². The van der Waals surface area contributed by atoms with Crippen LogP contribution in [-0.4, -0.2) is 43.4 Å². The standard InChI is InChI=1S/C22H22N2O5S/c25-21-10-9-19(30(27,28)24-11-3-4-12-24)14-20(21)23-22(26)15-29-18-8-7-16-5-1-2-6-17(16)13-18/h1-2,5-10,13-14,25H,3-4,11-12,15H2,(H,23,26). The zero-order chi connectivity index (χ0) is 21.1. The molecule has 0 aromatic heterocycles. The number of carbonyl (C=O) groups is 1. The summed E-state index contributed by atoms with van der Waals surface area (Å²) in [4.78, 5) is 12.3. The van der Waals surface area contributed by atoms with Crippen molar-refractivity contribution < 1.29 is 23.1 Å². The van der Waals surface area contributed by atoms with Gasteiger partial charge in [-0.05, 0) is 53.9 Å². The lowest BCUT2D eigenvalue weighted by Crippen LogP contribution is -2.28. The van der Waals surface area contributed by atoms with Crippen LogP contribution in [0.25, 0.3) is 10.8 Å². The van der Waals surface area contributed by atoms with Crippen molar-refractivity contribution in [1.82, 2.24) is 4.31 Å². The van der Waals surface area contributed by atoms with Gasteiger partial charge in [0.2, 0.25) is 10.0 Å². The summed E-state index contributed by atoms with van der Waals surface area (Å²) in [5.74, 6) is -0.179. The lowest BCUT2D eigenvalue weighted by Gasteiger charge is -2.17. The number of nitrogens with zero attached hydrogens (tertiary/aromatic N) is 1. The van der Waals surface area contributed by atoms with Gasteiger partial charge >= 0.3 is 0 Å². The molecular formula is C22H22N2O5S. The van der Waals surface area contributed by atoms with Crippen molar-refractivity contribution in [1.29, 1.82) is 0 Å². The summed E-state index contributed by atoms with van der Waals surface area (Å²) < 4.78 is 32.4. The largest absolute Gasteiger partial charge is 0.506 e. The maximum Gasteiger partial charge on any atom is 0.262 e. The van der Waals surface area contributed by atoms with E-state index in [2.05, 4.69) is 5.32 Å². The monoisotopic (exact) mass is 426 g/mol. The van der Waals surface area contributed by atoms with Crippen LogP contribution in [0.3, 0.4) is 0 Å². The minimum absolute atomic E-state index is 0.0300. The van der Waals surface area contributed by atoms with E-state index in [9.17, 15) is 18.3 Å². The molecule has 8 heteroatoms. The van der Waals surface area contributed by atoms with Gasteiger partial charge in [-0.15, -0.1) is 0 Å². The molecule has 2 N–H and O–H groups in total. The number of hydrogen-bond acceptors (Lipinski definition) is 5. The molecule has 3 aromatic carbocycles. The van der Waals surface area contributed by atoms with Crippen molar-refractivity contribution >= 4 is 32.4 Å². The first-order valence-corrected chi connectivity index (χ1v) is 11.1. The third-order valence-corrected chi connectivity index (χ3v) is 6.93. The molecule has 156 valence electrons. The van der Waals surface area contributed by atoms with Crippen molar-refractivity contribution in [3.8, 4) is 11.5 Å². The summed E-state index contributed by atoms with van der Waals surface area (Å²) in [5, 5.41) is 14.6. The fraction of sp³-hybridized carbons (Fsp3) is 0.227. The second kappa shape index (κ2) is 8.33. The molecule has 1 aliphatic rings. The molecule has 30 heavy (non-hydrogen) atoms. The quantitative estimate of drug-likeness (QED) is 0.590. The van der Waals surface area contributed by atoms with E-state index in [0.717, 1.165) is 23.6 Å². The van der Waals surface area contributed by atoms with Gasteiger partial charge < -0.3 is 15.2 Å².